The smallest absolute Gasteiger partial charge is 0.252 e. The van der Waals surface area contributed by atoms with Crippen LogP contribution in [0, 0.1) is 6.92 Å². The molecule has 0 radical (unpaired) electrons. The number of amides is 1. The summed E-state index contributed by atoms with van der Waals surface area (Å²) >= 11 is 0. The van der Waals surface area contributed by atoms with E-state index in [2.05, 4.69) is 10.4 Å². The highest BCUT2D eigenvalue weighted by molar-refractivity contribution is 6.07. The minimum absolute atomic E-state index is 0.187. The van der Waals surface area contributed by atoms with E-state index >= 15 is 0 Å². The van der Waals surface area contributed by atoms with E-state index in [0.717, 1.165) is 40.0 Å². The van der Waals surface area contributed by atoms with E-state index in [1.165, 1.54) is 0 Å². The van der Waals surface area contributed by atoms with Crippen molar-refractivity contribution in [3.63, 3.8) is 0 Å². The van der Waals surface area contributed by atoms with Crippen LogP contribution in [-0.2, 0) is 6.54 Å². The number of nitrogens with one attached hydrogen (secondary N) is 1. The van der Waals surface area contributed by atoms with Crippen LogP contribution in [0.1, 0.15) is 41.5 Å². The molecule has 0 spiro atoms. The molecule has 1 atom stereocenters. The molecular formula is C26H28N4O3. The number of aryl methyl sites for hydroxylation is 2. The monoisotopic (exact) mass is 444 g/mol. The summed E-state index contributed by atoms with van der Waals surface area (Å²) < 4.78 is 12.7. The SMILES string of the molecule is CCn1cc(-c2cc(C(=O)NC(C)c3cc(OC)ccc3OC)c3ccccc3n2)c(C)n1. The molecule has 2 heterocycles. The minimum Gasteiger partial charge on any atom is -0.497 e. The summed E-state index contributed by atoms with van der Waals surface area (Å²) in [7, 11) is 3.23. The molecule has 1 amide bonds. The maximum Gasteiger partial charge on any atom is 0.252 e. The molecule has 0 bridgehead atoms. The highest BCUT2D eigenvalue weighted by Gasteiger charge is 2.20. The Labute approximate surface area is 193 Å². The fourth-order valence-electron chi connectivity index (χ4n) is 3.96. The van der Waals surface area contributed by atoms with Crippen LogP contribution in [0.3, 0.4) is 0 Å². The third kappa shape index (κ3) is 4.39. The Morgan fingerprint density at radius 1 is 1.12 bits per heavy atom. The Bertz CT molecular complexity index is 1310. The van der Waals surface area contributed by atoms with E-state index in [9.17, 15) is 4.79 Å². The number of rotatable bonds is 7. The van der Waals surface area contributed by atoms with Crippen molar-refractivity contribution in [3.05, 3.63) is 71.5 Å². The maximum atomic E-state index is 13.5. The standard InChI is InChI=1S/C26H28N4O3/c1-6-30-15-22(17(3)29-30)24-14-21(19-9-7-8-10-23(19)28-24)26(31)27-16(2)20-13-18(32-4)11-12-25(20)33-5/h7-16H,6H2,1-5H3,(H,27,31). The zero-order valence-electron chi connectivity index (χ0n) is 19.5. The number of fused-ring (bicyclic) bond motifs is 1. The maximum absolute atomic E-state index is 13.5. The first-order chi connectivity index (χ1) is 15.9. The highest BCUT2D eigenvalue weighted by Crippen LogP contribution is 2.31. The van der Waals surface area contributed by atoms with Gasteiger partial charge in [0.05, 0.1) is 42.7 Å². The quantitative estimate of drug-likeness (QED) is 0.437. The van der Waals surface area contributed by atoms with E-state index in [-0.39, 0.29) is 11.9 Å². The van der Waals surface area contributed by atoms with Gasteiger partial charge in [-0.25, -0.2) is 4.98 Å². The van der Waals surface area contributed by atoms with Gasteiger partial charge >= 0.3 is 0 Å². The number of hydrogen-bond donors (Lipinski definition) is 1. The van der Waals surface area contributed by atoms with E-state index in [4.69, 9.17) is 14.5 Å². The van der Waals surface area contributed by atoms with Crippen molar-refractivity contribution in [1.82, 2.24) is 20.1 Å². The van der Waals surface area contributed by atoms with E-state index in [1.54, 1.807) is 14.2 Å². The van der Waals surface area contributed by atoms with Gasteiger partial charge in [-0.05, 0) is 51.1 Å². The number of ether oxygens (including phenoxy) is 2. The molecule has 4 aromatic rings. The Balaban J connectivity index is 1.74. The lowest BCUT2D eigenvalue weighted by molar-refractivity contribution is 0.0941. The molecule has 2 aromatic heterocycles. The van der Waals surface area contributed by atoms with Gasteiger partial charge in [0.2, 0.25) is 0 Å². The number of aromatic nitrogens is 3. The Morgan fingerprint density at radius 2 is 1.91 bits per heavy atom. The van der Waals surface area contributed by atoms with Crippen LogP contribution in [0.4, 0.5) is 0 Å². The third-order valence-corrected chi connectivity index (χ3v) is 5.76. The third-order valence-electron chi connectivity index (χ3n) is 5.76. The van der Waals surface area contributed by atoms with Crippen molar-refractivity contribution in [1.29, 1.82) is 0 Å². The molecule has 4 rings (SSSR count). The van der Waals surface area contributed by atoms with Gasteiger partial charge in [-0.3, -0.25) is 9.48 Å². The fourth-order valence-corrected chi connectivity index (χ4v) is 3.96. The van der Waals surface area contributed by atoms with Crippen LogP contribution in [0.25, 0.3) is 22.2 Å². The molecule has 0 fully saturated rings. The summed E-state index contributed by atoms with van der Waals surface area (Å²) in [5.41, 5.74) is 4.68. The highest BCUT2D eigenvalue weighted by atomic mass is 16.5. The second-order valence-corrected chi connectivity index (χ2v) is 7.86. The molecule has 7 heteroatoms. The summed E-state index contributed by atoms with van der Waals surface area (Å²) in [4.78, 5) is 18.3. The number of benzene rings is 2. The van der Waals surface area contributed by atoms with Crippen LogP contribution in [-0.4, -0.2) is 34.9 Å². The predicted molar refractivity (Wildman–Crippen MR) is 129 cm³/mol. The molecule has 1 N–H and O–H groups in total. The van der Waals surface area contributed by atoms with Gasteiger partial charge in [0.25, 0.3) is 5.91 Å². The number of carbonyl (C=O) groups excluding carboxylic acids is 1. The lowest BCUT2D eigenvalue weighted by Gasteiger charge is -2.19. The molecule has 33 heavy (non-hydrogen) atoms. The zero-order chi connectivity index (χ0) is 23.5. The molecule has 2 aromatic carbocycles. The van der Waals surface area contributed by atoms with E-state index < -0.39 is 0 Å². The topological polar surface area (TPSA) is 78.3 Å². The largest absolute Gasteiger partial charge is 0.497 e. The molecule has 7 nitrogen and oxygen atoms in total. The minimum atomic E-state index is -0.303. The van der Waals surface area contributed by atoms with Gasteiger partial charge in [-0.2, -0.15) is 5.10 Å². The number of carbonyl (C=O) groups is 1. The summed E-state index contributed by atoms with van der Waals surface area (Å²) in [6.07, 6.45) is 1.97. The van der Waals surface area contributed by atoms with Crippen molar-refractivity contribution in [3.8, 4) is 22.8 Å². The van der Waals surface area contributed by atoms with Crippen molar-refractivity contribution in [2.24, 2.45) is 0 Å². The number of methoxy groups -OCH3 is 2. The van der Waals surface area contributed by atoms with E-state index in [0.29, 0.717) is 17.1 Å². The van der Waals surface area contributed by atoms with Crippen LogP contribution >= 0.6 is 0 Å². The van der Waals surface area contributed by atoms with Gasteiger partial charge in [0.15, 0.2) is 0 Å². The average Bonchev–Trinajstić information content (AvgIpc) is 3.23. The van der Waals surface area contributed by atoms with Crippen LogP contribution < -0.4 is 14.8 Å². The Hall–Kier alpha value is -3.87. The first-order valence-electron chi connectivity index (χ1n) is 10.9. The summed E-state index contributed by atoms with van der Waals surface area (Å²) in [6, 6.07) is 14.8. The summed E-state index contributed by atoms with van der Waals surface area (Å²) in [6.45, 7) is 6.68. The molecule has 0 saturated carbocycles. The fraction of sp³-hybridized carbons (Fsp3) is 0.269. The second kappa shape index (κ2) is 9.32. The molecule has 0 aliphatic carbocycles. The van der Waals surface area contributed by atoms with Crippen molar-refractivity contribution in [2.45, 2.75) is 33.4 Å². The van der Waals surface area contributed by atoms with Gasteiger partial charge in [0.1, 0.15) is 11.5 Å². The van der Waals surface area contributed by atoms with Gasteiger partial charge in [-0.1, -0.05) is 18.2 Å². The molecule has 0 aliphatic rings. The number of nitrogens with zero attached hydrogens (tertiary/aromatic N) is 3. The van der Waals surface area contributed by atoms with Crippen molar-refractivity contribution in [2.75, 3.05) is 14.2 Å². The lowest BCUT2D eigenvalue weighted by atomic mass is 10.0. The molecule has 170 valence electrons. The molecule has 0 aliphatic heterocycles. The lowest BCUT2D eigenvalue weighted by Crippen LogP contribution is -2.27. The Morgan fingerprint density at radius 3 is 2.61 bits per heavy atom. The van der Waals surface area contributed by atoms with E-state index in [1.807, 2.05) is 80.2 Å². The molecule has 1 unspecified atom stereocenters. The number of para-hydroxylation sites is 1. The normalized spacial score (nSPS) is 11.9. The summed E-state index contributed by atoms with van der Waals surface area (Å²) in [5.74, 6) is 1.20. The number of pyridine rings is 1. The average molecular weight is 445 g/mol. The predicted octanol–water partition coefficient (Wildman–Crippen LogP) is 4.93. The van der Waals surface area contributed by atoms with Crippen molar-refractivity contribution >= 4 is 16.8 Å². The zero-order valence-corrected chi connectivity index (χ0v) is 19.5. The first kappa shape index (κ1) is 22.3. The second-order valence-electron chi connectivity index (χ2n) is 7.86. The molecular weight excluding hydrogens is 416 g/mol. The Kier molecular flexibility index (Phi) is 6.31. The van der Waals surface area contributed by atoms with Crippen LogP contribution in [0.15, 0.2) is 54.7 Å². The van der Waals surface area contributed by atoms with Gasteiger partial charge in [0, 0.05) is 29.3 Å². The van der Waals surface area contributed by atoms with Crippen molar-refractivity contribution < 1.29 is 14.3 Å². The van der Waals surface area contributed by atoms with Gasteiger partial charge < -0.3 is 14.8 Å². The number of hydrogen-bond acceptors (Lipinski definition) is 5. The van der Waals surface area contributed by atoms with Crippen LogP contribution in [0.2, 0.25) is 0 Å². The molecule has 0 saturated heterocycles. The first-order valence-corrected chi connectivity index (χ1v) is 10.9. The van der Waals surface area contributed by atoms with Crippen LogP contribution in [0.5, 0.6) is 11.5 Å². The summed E-state index contributed by atoms with van der Waals surface area (Å²) in [5, 5.41) is 8.45. The van der Waals surface area contributed by atoms with Gasteiger partial charge in [-0.15, -0.1) is 0 Å².